The summed E-state index contributed by atoms with van der Waals surface area (Å²) in [6.07, 6.45) is 1.60. The average Bonchev–Trinajstić information content (AvgIpc) is 3.06. The molecule has 0 fully saturated rings. The summed E-state index contributed by atoms with van der Waals surface area (Å²) < 4.78 is 12.8. The van der Waals surface area contributed by atoms with E-state index in [1.807, 2.05) is 38.1 Å². The molecule has 2 aromatic carbocycles. The number of nitrogens with zero attached hydrogens (tertiary/aromatic N) is 3. The van der Waals surface area contributed by atoms with Crippen LogP contribution in [0.25, 0.3) is 11.4 Å². The third-order valence-electron chi connectivity index (χ3n) is 3.75. The Morgan fingerprint density at radius 1 is 1.18 bits per heavy atom. The maximum Gasteiger partial charge on any atom is 0.216 e. The highest BCUT2D eigenvalue weighted by Gasteiger charge is 2.09. The molecular weight excluding hydrogens is 378 g/mol. The van der Waals surface area contributed by atoms with E-state index in [9.17, 15) is 5.11 Å². The maximum absolute atomic E-state index is 9.77. The second-order valence-corrected chi connectivity index (χ2v) is 6.05. The number of ether oxygens (including phenoxy) is 2. The zero-order chi connectivity index (χ0) is 19.9. The van der Waals surface area contributed by atoms with E-state index in [1.54, 1.807) is 29.1 Å². The summed E-state index contributed by atoms with van der Waals surface area (Å²) in [6, 6.07) is 12.5. The number of hydrogen-bond donors (Lipinski definition) is 3. The predicted octanol–water partition coefficient (Wildman–Crippen LogP) is 3.69. The molecule has 146 valence electrons. The van der Waals surface area contributed by atoms with Crippen LogP contribution in [-0.4, -0.2) is 39.4 Å². The van der Waals surface area contributed by atoms with E-state index < -0.39 is 0 Å². The molecular formula is C19H21N5O3S. The van der Waals surface area contributed by atoms with Crippen LogP contribution in [0.4, 0.5) is 0 Å². The Labute approximate surface area is 167 Å². The summed E-state index contributed by atoms with van der Waals surface area (Å²) in [4.78, 5) is 0. The van der Waals surface area contributed by atoms with Crippen LogP contribution in [0.15, 0.2) is 47.6 Å². The van der Waals surface area contributed by atoms with Gasteiger partial charge in [0, 0.05) is 5.56 Å². The quantitative estimate of drug-likeness (QED) is 0.304. The van der Waals surface area contributed by atoms with Crippen molar-refractivity contribution in [1.82, 2.24) is 14.9 Å². The molecule has 28 heavy (non-hydrogen) atoms. The monoisotopic (exact) mass is 399 g/mol. The van der Waals surface area contributed by atoms with Gasteiger partial charge in [0.2, 0.25) is 4.77 Å². The first kappa shape index (κ1) is 19.4. The minimum Gasteiger partial charge on any atom is -0.504 e. The number of hydrogen-bond acceptors (Lipinski definition) is 7. The standard InChI is InChI=1S/C19H21N5O3S/c1-3-26-15-8-6-14(7-9-15)18-21-22-19(28)24(18)23-20-12-13-5-10-16(25)17(11-13)27-4-2/h5-12,23,25H,3-4H2,1-2H3,(H,22,28)/b20-12+. The van der Waals surface area contributed by atoms with Crippen molar-refractivity contribution < 1.29 is 14.6 Å². The van der Waals surface area contributed by atoms with Crippen molar-refractivity contribution >= 4 is 18.4 Å². The van der Waals surface area contributed by atoms with Crippen molar-refractivity contribution in [2.75, 3.05) is 18.7 Å². The van der Waals surface area contributed by atoms with Gasteiger partial charge in [0.15, 0.2) is 17.3 Å². The van der Waals surface area contributed by atoms with Gasteiger partial charge in [-0.05, 0) is 74.1 Å². The van der Waals surface area contributed by atoms with Crippen molar-refractivity contribution in [3.8, 4) is 28.6 Å². The molecule has 0 saturated heterocycles. The predicted molar refractivity (Wildman–Crippen MR) is 110 cm³/mol. The van der Waals surface area contributed by atoms with Gasteiger partial charge in [-0.2, -0.15) is 14.9 Å². The average molecular weight is 399 g/mol. The minimum atomic E-state index is 0.0850. The molecule has 0 spiro atoms. The van der Waals surface area contributed by atoms with Crippen LogP contribution in [0.3, 0.4) is 0 Å². The molecule has 0 unspecified atom stereocenters. The molecule has 0 aliphatic rings. The molecule has 0 radical (unpaired) electrons. The van der Waals surface area contributed by atoms with Gasteiger partial charge in [0.25, 0.3) is 0 Å². The third-order valence-corrected chi connectivity index (χ3v) is 4.02. The summed E-state index contributed by atoms with van der Waals surface area (Å²) in [6.45, 7) is 4.86. The second kappa shape index (κ2) is 9.05. The molecule has 3 N–H and O–H groups in total. The number of aromatic nitrogens is 3. The van der Waals surface area contributed by atoms with E-state index in [0.29, 0.717) is 29.6 Å². The lowest BCUT2D eigenvalue weighted by Crippen LogP contribution is -2.10. The SMILES string of the molecule is CCOc1ccc(-c2n[nH]c(=S)n2N/N=C/c2ccc(O)c(OCC)c2)cc1. The van der Waals surface area contributed by atoms with Crippen molar-refractivity contribution in [2.45, 2.75) is 13.8 Å². The fraction of sp³-hybridized carbons (Fsp3) is 0.211. The number of nitrogens with one attached hydrogen (secondary N) is 2. The van der Waals surface area contributed by atoms with Crippen LogP contribution in [-0.2, 0) is 0 Å². The van der Waals surface area contributed by atoms with Gasteiger partial charge in [-0.1, -0.05) is 0 Å². The van der Waals surface area contributed by atoms with E-state index in [-0.39, 0.29) is 5.75 Å². The first-order valence-corrected chi connectivity index (χ1v) is 9.18. The van der Waals surface area contributed by atoms with E-state index in [1.165, 1.54) is 0 Å². The number of aromatic hydroxyl groups is 1. The fourth-order valence-corrected chi connectivity index (χ4v) is 2.67. The van der Waals surface area contributed by atoms with Crippen LogP contribution in [0.2, 0.25) is 0 Å². The van der Waals surface area contributed by atoms with Crippen molar-refractivity contribution in [3.05, 3.63) is 52.8 Å². The van der Waals surface area contributed by atoms with Gasteiger partial charge in [0.1, 0.15) is 5.75 Å². The van der Waals surface area contributed by atoms with Gasteiger partial charge in [0.05, 0.1) is 19.4 Å². The molecule has 1 heterocycles. The summed E-state index contributed by atoms with van der Waals surface area (Å²) in [5, 5.41) is 21.0. The lowest BCUT2D eigenvalue weighted by atomic mass is 10.2. The fourth-order valence-electron chi connectivity index (χ4n) is 2.49. The van der Waals surface area contributed by atoms with Gasteiger partial charge in [-0.25, -0.2) is 10.6 Å². The molecule has 1 aromatic heterocycles. The molecule has 3 rings (SSSR count). The molecule has 0 amide bonds. The summed E-state index contributed by atoms with van der Waals surface area (Å²) >= 11 is 5.27. The Bertz CT molecular complexity index is 1010. The van der Waals surface area contributed by atoms with Crippen LogP contribution in [0.1, 0.15) is 19.4 Å². The second-order valence-electron chi connectivity index (χ2n) is 5.66. The van der Waals surface area contributed by atoms with E-state index >= 15 is 0 Å². The van der Waals surface area contributed by atoms with E-state index in [4.69, 9.17) is 21.7 Å². The lowest BCUT2D eigenvalue weighted by molar-refractivity contribution is 0.318. The summed E-state index contributed by atoms with van der Waals surface area (Å²) in [5.74, 6) is 1.87. The minimum absolute atomic E-state index is 0.0850. The van der Waals surface area contributed by atoms with Crippen LogP contribution >= 0.6 is 12.2 Å². The molecule has 0 saturated carbocycles. The van der Waals surface area contributed by atoms with Gasteiger partial charge in [-0.15, -0.1) is 0 Å². The highest BCUT2D eigenvalue weighted by molar-refractivity contribution is 7.71. The number of aromatic amines is 1. The third kappa shape index (κ3) is 4.49. The zero-order valence-electron chi connectivity index (χ0n) is 15.5. The van der Waals surface area contributed by atoms with Crippen molar-refractivity contribution in [2.24, 2.45) is 5.10 Å². The number of H-pyrrole nitrogens is 1. The molecule has 0 bridgehead atoms. The van der Waals surface area contributed by atoms with Crippen molar-refractivity contribution in [1.29, 1.82) is 0 Å². The van der Waals surface area contributed by atoms with Crippen LogP contribution in [0.5, 0.6) is 17.2 Å². The Balaban J connectivity index is 1.78. The molecule has 8 nitrogen and oxygen atoms in total. The normalized spacial score (nSPS) is 10.9. The number of hydrazone groups is 1. The van der Waals surface area contributed by atoms with E-state index in [0.717, 1.165) is 16.9 Å². The first-order chi connectivity index (χ1) is 13.6. The molecule has 9 heteroatoms. The van der Waals surface area contributed by atoms with Crippen LogP contribution < -0.4 is 15.0 Å². The highest BCUT2D eigenvalue weighted by atomic mass is 32.1. The maximum atomic E-state index is 9.77. The van der Waals surface area contributed by atoms with Gasteiger partial charge in [-0.3, -0.25) is 0 Å². The highest BCUT2D eigenvalue weighted by Crippen LogP contribution is 2.26. The molecule has 3 aromatic rings. The zero-order valence-corrected chi connectivity index (χ0v) is 16.4. The lowest BCUT2D eigenvalue weighted by Gasteiger charge is -2.08. The number of benzene rings is 2. The Hall–Kier alpha value is -3.33. The number of phenols is 1. The van der Waals surface area contributed by atoms with Crippen molar-refractivity contribution in [3.63, 3.8) is 0 Å². The molecule has 0 aliphatic carbocycles. The number of rotatable bonds is 8. The van der Waals surface area contributed by atoms with E-state index in [2.05, 4.69) is 20.8 Å². The van der Waals surface area contributed by atoms with Gasteiger partial charge < -0.3 is 14.6 Å². The number of phenolic OH excluding ortho intramolecular Hbond substituents is 1. The Kier molecular flexibility index (Phi) is 6.28. The summed E-state index contributed by atoms with van der Waals surface area (Å²) in [5.41, 5.74) is 4.47. The largest absolute Gasteiger partial charge is 0.504 e. The summed E-state index contributed by atoms with van der Waals surface area (Å²) in [7, 11) is 0. The van der Waals surface area contributed by atoms with Gasteiger partial charge >= 0.3 is 0 Å². The first-order valence-electron chi connectivity index (χ1n) is 8.78. The molecule has 0 atom stereocenters. The Morgan fingerprint density at radius 3 is 2.64 bits per heavy atom. The smallest absolute Gasteiger partial charge is 0.216 e. The molecule has 0 aliphatic heterocycles. The van der Waals surface area contributed by atoms with Crippen LogP contribution in [0, 0.1) is 4.77 Å². The Morgan fingerprint density at radius 2 is 1.93 bits per heavy atom. The topological polar surface area (TPSA) is 96.7 Å².